The monoisotopic (exact) mass is 401 g/mol. The Morgan fingerprint density at radius 2 is 2.00 bits per heavy atom. The van der Waals surface area contributed by atoms with Crippen LogP contribution >= 0.6 is 11.3 Å². The van der Waals surface area contributed by atoms with E-state index in [1.165, 1.54) is 11.3 Å². The third kappa shape index (κ3) is 5.26. The zero-order valence-electron chi connectivity index (χ0n) is 16.5. The average Bonchev–Trinajstić information content (AvgIpc) is 3.06. The second-order valence-corrected chi connectivity index (χ2v) is 8.35. The second-order valence-electron chi connectivity index (χ2n) is 7.49. The van der Waals surface area contributed by atoms with Gasteiger partial charge in [0.25, 0.3) is 5.56 Å². The van der Waals surface area contributed by atoms with E-state index in [4.69, 9.17) is 4.74 Å². The number of hydrogen-bond acceptors (Lipinski definition) is 6. The van der Waals surface area contributed by atoms with Gasteiger partial charge in [0.1, 0.15) is 10.7 Å². The van der Waals surface area contributed by atoms with Crippen LogP contribution in [0.3, 0.4) is 0 Å². The highest BCUT2D eigenvalue weighted by Gasteiger charge is 2.15. The Morgan fingerprint density at radius 1 is 1.25 bits per heavy atom. The summed E-state index contributed by atoms with van der Waals surface area (Å²) in [7, 11) is 1.89. The molecule has 3 aromatic rings. The molecule has 7 heteroatoms. The Labute approximate surface area is 168 Å². The molecule has 0 radical (unpaired) electrons. The third-order valence-electron chi connectivity index (χ3n) is 4.28. The lowest BCUT2D eigenvalue weighted by atomic mass is 10.1. The maximum absolute atomic E-state index is 12.7. The lowest BCUT2D eigenvalue weighted by Gasteiger charge is -2.20. The molecule has 0 amide bonds. The Bertz CT molecular complexity index is 952. The fraction of sp³-hybridized carbons (Fsp3) is 0.429. The lowest BCUT2D eigenvalue weighted by molar-refractivity contribution is 0.0106. The first-order valence-corrected chi connectivity index (χ1v) is 10.3. The van der Waals surface area contributed by atoms with Crippen LogP contribution in [0.2, 0.25) is 0 Å². The van der Waals surface area contributed by atoms with Gasteiger partial charge in [-0.15, -0.1) is 11.3 Å². The Balaban J connectivity index is 1.68. The molecule has 0 saturated heterocycles. The normalized spacial score (nSPS) is 12.9. The van der Waals surface area contributed by atoms with Gasteiger partial charge in [-0.3, -0.25) is 9.69 Å². The largest absolute Gasteiger partial charge is 0.389 e. The SMILES string of the molecule is CC(C)COCC(O)CN(C)Cc1nc2scc(-c3ccccc3)c2c(=O)[nH]1. The van der Waals surface area contributed by atoms with E-state index in [2.05, 4.69) is 23.8 Å². The number of nitrogens with one attached hydrogen (secondary N) is 1. The van der Waals surface area contributed by atoms with E-state index in [0.29, 0.717) is 43.4 Å². The quantitative estimate of drug-likeness (QED) is 0.576. The number of hydrogen-bond donors (Lipinski definition) is 2. The van der Waals surface area contributed by atoms with E-state index in [0.717, 1.165) is 16.0 Å². The summed E-state index contributed by atoms with van der Waals surface area (Å²) in [6.07, 6.45) is -0.578. The highest BCUT2D eigenvalue weighted by atomic mass is 32.1. The molecule has 150 valence electrons. The summed E-state index contributed by atoms with van der Waals surface area (Å²) in [5.74, 6) is 1.04. The van der Waals surface area contributed by atoms with Crippen LogP contribution in [-0.4, -0.2) is 52.9 Å². The van der Waals surface area contributed by atoms with Crippen LogP contribution in [0.15, 0.2) is 40.5 Å². The summed E-state index contributed by atoms with van der Waals surface area (Å²) in [6, 6.07) is 9.85. The number of aliphatic hydroxyl groups is 1. The number of ether oxygens (including phenoxy) is 1. The molecule has 0 aliphatic rings. The number of H-pyrrole nitrogens is 1. The molecule has 0 bridgehead atoms. The number of benzene rings is 1. The van der Waals surface area contributed by atoms with E-state index in [1.54, 1.807) is 0 Å². The van der Waals surface area contributed by atoms with Crippen molar-refractivity contribution >= 4 is 21.6 Å². The molecule has 0 fully saturated rings. The standard InChI is InChI=1S/C21H27N3O3S/c1-14(2)11-27-12-16(25)9-24(3)10-18-22-20(26)19-17(13-28-21(19)23-18)15-7-5-4-6-8-15/h4-8,13-14,16,25H,9-12H2,1-3H3,(H,22,23,26). The number of nitrogens with zero attached hydrogens (tertiary/aromatic N) is 2. The first-order chi connectivity index (χ1) is 13.4. The first kappa shape index (κ1) is 20.7. The molecule has 0 saturated carbocycles. The summed E-state index contributed by atoms with van der Waals surface area (Å²) in [5.41, 5.74) is 1.79. The van der Waals surface area contributed by atoms with Crippen molar-refractivity contribution in [2.75, 3.05) is 26.8 Å². The number of aromatic amines is 1. The van der Waals surface area contributed by atoms with Crippen LogP contribution in [0.1, 0.15) is 19.7 Å². The fourth-order valence-corrected chi connectivity index (χ4v) is 4.04. The van der Waals surface area contributed by atoms with Crippen LogP contribution in [-0.2, 0) is 11.3 Å². The minimum Gasteiger partial charge on any atom is -0.389 e. The van der Waals surface area contributed by atoms with E-state index in [-0.39, 0.29) is 5.56 Å². The smallest absolute Gasteiger partial charge is 0.260 e. The topological polar surface area (TPSA) is 78.5 Å². The number of aromatic nitrogens is 2. The summed E-state index contributed by atoms with van der Waals surface area (Å²) in [6.45, 7) is 5.98. The summed E-state index contributed by atoms with van der Waals surface area (Å²) in [5, 5.41) is 12.7. The van der Waals surface area contributed by atoms with E-state index in [9.17, 15) is 9.90 Å². The van der Waals surface area contributed by atoms with Gasteiger partial charge in [0.15, 0.2) is 0 Å². The molecular formula is C21H27N3O3S. The number of likely N-dealkylation sites (N-methyl/N-ethyl adjacent to an activating group) is 1. The fourth-order valence-electron chi connectivity index (χ4n) is 3.07. The van der Waals surface area contributed by atoms with Crippen molar-refractivity contribution in [1.82, 2.24) is 14.9 Å². The Hall–Kier alpha value is -2.06. The summed E-state index contributed by atoms with van der Waals surface area (Å²) >= 11 is 1.47. The molecule has 0 spiro atoms. The molecule has 2 N–H and O–H groups in total. The molecule has 6 nitrogen and oxygen atoms in total. The number of fused-ring (bicyclic) bond motifs is 1. The summed E-state index contributed by atoms with van der Waals surface area (Å²) < 4.78 is 5.48. The molecule has 0 aliphatic carbocycles. The minimum atomic E-state index is -0.578. The van der Waals surface area contributed by atoms with E-state index >= 15 is 0 Å². The van der Waals surface area contributed by atoms with Gasteiger partial charge >= 0.3 is 0 Å². The van der Waals surface area contributed by atoms with Gasteiger partial charge in [-0.1, -0.05) is 44.2 Å². The van der Waals surface area contributed by atoms with Gasteiger partial charge in [0, 0.05) is 24.1 Å². The van der Waals surface area contributed by atoms with Crippen LogP contribution in [0.5, 0.6) is 0 Å². The van der Waals surface area contributed by atoms with Crippen molar-refractivity contribution in [3.8, 4) is 11.1 Å². The van der Waals surface area contributed by atoms with Gasteiger partial charge < -0.3 is 14.8 Å². The average molecular weight is 402 g/mol. The van der Waals surface area contributed by atoms with Crippen molar-refractivity contribution in [3.05, 3.63) is 51.9 Å². The van der Waals surface area contributed by atoms with E-state index in [1.807, 2.05) is 47.7 Å². The molecular weight excluding hydrogens is 374 g/mol. The Kier molecular flexibility index (Phi) is 6.96. The zero-order chi connectivity index (χ0) is 20.1. The second kappa shape index (κ2) is 9.43. The van der Waals surface area contributed by atoms with Crippen molar-refractivity contribution in [1.29, 1.82) is 0 Å². The zero-order valence-corrected chi connectivity index (χ0v) is 17.3. The van der Waals surface area contributed by atoms with E-state index < -0.39 is 6.10 Å². The molecule has 0 aliphatic heterocycles. The van der Waals surface area contributed by atoms with Gasteiger partial charge in [0.05, 0.1) is 24.6 Å². The van der Waals surface area contributed by atoms with Crippen LogP contribution < -0.4 is 5.56 Å². The van der Waals surface area contributed by atoms with Gasteiger partial charge in [-0.05, 0) is 18.5 Å². The number of thiophene rings is 1. The summed E-state index contributed by atoms with van der Waals surface area (Å²) in [4.78, 5) is 22.9. The highest BCUT2D eigenvalue weighted by Crippen LogP contribution is 2.30. The highest BCUT2D eigenvalue weighted by molar-refractivity contribution is 7.17. The van der Waals surface area contributed by atoms with Crippen LogP contribution in [0.25, 0.3) is 21.3 Å². The molecule has 2 aromatic heterocycles. The molecule has 1 atom stereocenters. The number of aliphatic hydroxyl groups excluding tert-OH is 1. The van der Waals surface area contributed by atoms with Crippen LogP contribution in [0, 0.1) is 5.92 Å². The molecule has 1 aromatic carbocycles. The van der Waals surface area contributed by atoms with Crippen LogP contribution in [0.4, 0.5) is 0 Å². The third-order valence-corrected chi connectivity index (χ3v) is 5.15. The van der Waals surface area contributed by atoms with Gasteiger partial charge in [0.2, 0.25) is 0 Å². The predicted octanol–water partition coefficient (Wildman–Crippen LogP) is 3.12. The molecule has 28 heavy (non-hydrogen) atoms. The lowest BCUT2D eigenvalue weighted by Crippen LogP contribution is -2.33. The molecule has 2 heterocycles. The van der Waals surface area contributed by atoms with Gasteiger partial charge in [-0.25, -0.2) is 4.98 Å². The minimum absolute atomic E-state index is 0.130. The van der Waals surface area contributed by atoms with Crippen molar-refractivity contribution in [2.24, 2.45) is 5.92 Å². The van der Waals surface area contributed by atoms with Gasteiger partial charge in [-0.2, -0.15) is 0 Å². The predicted molar refractivity (Wildman–Crippen MR) is 114 cm³/mol. The van der Waals surface area contributed by atoms with Crippen molar-refractivity contribution < 1.29 is 9.84 Å². The van der Waals surface area contributed by atoms with Crippen molar-refractivity contribution in [3.63, 3.8) is 0 Å². The van der Waals surface area contributed by atoms with Crippen molar-refractivity contribution in [2.45, 2.75) is 26.5 Å². The first-order valence-electron chi connectivity index (χ1n) is 9.44. The molecule has 1 unspecified atom stereocenters. The maximum atomic E-state index is 12.7. The number of rotatable bonds is 9. The molecule has 3 rings (SSSR count). The maximum Gasteiger partial charge on any atom is 0.260 e. The Morgan fingerprint density at radius 3 is 2.71 bits per heavy atom.